The van der Waals surface area contributed by atoms with Gasteiger partial charge in [0, 0.05) is 12.5 Å². The standard InChI is InChI=1S/C19H28N2O3/c1-19(2,3)24-18(22)11-9-14-6-5-7-15(10-8-14)16-12-17(23-4)21-13-20-16/h7,12-14H,5-6,8-11H2,1-4H3. The molecule has 0 bridgehead atoms. The number of nitrogens with zero attached hydrogens (tertiary/aromatic N) is 2. The molecule has 0 saturated heterocycles. The van der Waals surface area contributed by atoms with Crippen molar-refractivity contribution in [1.29, 1.82) is 0 Å². The molecule has 1 aromatic heterocycles. The molecule has 2 rings (SSSR count). The quantitative estimate of drug-likeness (QED) is 0.757. The first-order valence-electron chi connectivity index (χ1n) is 8.64. The van der Waals surface area contributed by atoms with Crippen LogP contribution in [-0.4, -0.2) is 28.6 Å². The molecule has 1 unspecified atom stereocenters. The lowest BCUT2D eigenvalue weighted by molar-refractivity contribution is -0.155. The van der Waals surface area contributed by atoms with Crippen molar-refractivity contribution < 1.29 is 14.3 Å². The zero-order valence-electron chi connectivity index (χ0n) is 15.2. The second-order valence-corrected chi connectivity index (χ2v) is 7.28. The summed E-state index contributed by atoms with van der Waals surface area (Å²) >= 11 is 0. The highest BCUT2D eigenvalue weighted by Gasteiger charge is 2.20. The van der Waals surface area contributed by atoms with Crippen LogP contribution in [-0.2, 0) is 9.53 Å². The first-order valence-corrected chi connectivity index (χ1v) is 8.64. The smallest absolute Gasteiger partial charge is 0.306 e. The van der Waals surface area contributed by atoms with Crippen molar-refractivity contribution in [3.8, 4) is 5.88 Å². The molecular weight excluding hydrogens is 304 g/mol. The Hall–Kier alpha value is -1.91. The highest BCUT2D eigenvalue weighted by atomic mass is 16.6. The Labute approximate surface area is 144 Å². The van der Waals surface area contributed by atoms with E-state index in [-0.39, 0.29) is 5.97 Å². The summed E-state index contributed by atoms with van der Waals surface area (Å²) in [6, 6.07) is 1.88. The third-order valence-corrected chi connectivity index (χ3v) is 4.14. The lowest BCUT2D eigenvalue weighted by Crippen LogP contribution is -2.24. The van der Waals surface area contributed by atoms with Gasteiger partial charge in [-0.1, -0.05) is 6.08 Å². The van der Waals surface area contributed by atoms with Crippen LogP contribution in [0.5, 0.6) is 5.88 Å². The molecule has 1 heterocycles. The van der Waals surface area contributed by atoms with Crippen LogP contribution in [0.4, 0.5) is 0 Å². The maximum atomic E-state index is 11.9. The Morgan fingerprint density at radius 3 is 2.79 bits per heavy atom. The van der Waals surface area contributed by atoms with E-state index in [1.807, 2.05) is 26.8 Å². The molecule has 1 aliphatic rings. The van der Waals surface area contributed by atoms with Gasteiger partial charge in [0.15, 0.2) is 0 Å². The fourth-order valence-electron chi connectivity index (χ4n) is 2.96. The van der Waals surface area contributed by atoms with Crippen molar-refractivity contribution in [2.24, 2.45) is 5.92 Å². The van der Waals surface area contributed by atoms with Crippen LogP contribution in [0, 0.1) is 5.92 Å². The highest BCUT2D eigenvalue weighted by Crippen LogP contribution is 2.31. The summed E-state index contributed by atoms with van der Waals surface area (Å²) in [5.74, 6) is 1.04. The topological polar surface area (TPSA) is 61.3 Å². The second-order valence-electron chi connectivity index (χ2n) is 7.28. The minimum Gasteiger partial charge on any atom is -0.481 e. The molecule has 5 heteroatoms. The minimum atomic E-state index is -0.401. The lowest BCUT2D eigenvalue weighted by atomic mass is 9.94. The van der Waals surface area contributed by atoms with Gasteiger partial charge in [-0.2, -0.15) is 0 Å². The van der Waals surface area contributed by atoms with Gasteiger partial charge in [0.2, 0.25) is 5.88 Å². The van der Waals surface area contributed by atoms with E-state index in [0.717, 1.165) is 37.8 Å². The molecule has 5 nitrogen and oxygen atoms in total. The van der Waals surface area contributed by atoms with Crippen molar-refractivity contribution in [2.75, 3.05) is 7.11 Å². The van der Waals surface area contributed by atoms with Crippen molar-refractivity contribution in [3.05, 3.63) is 24.2 Å². The number of methoxy groups -OCH3 is 1. The SMILES string of the molecule is COc1cc(C2=CCCC(CCC(=O)OC(C)(C)C)CC2)ncn1. The van der Waals surface area contributed by atoms with Gasteiger partial charge in [0.25, 0.3) is 0 Å². The lowest BCUT2D eigenvalue weighted by Gasteiger charge is -2.20. The van der Waals surface area contributed by atoms with Crippen molar-refractivity contribution >= 4 is 11.5 Å². The van der Waals surface area contributed by atoms with Crippen molar-refractivity contribution in [1.82, 2.24) is 9.97 Å². The summed E-state index contributed by atoms with van der Waals surface area (Å²) < 4.78 is 10.6. The van der Waals surface area contributed by atoms with Gasteiger partial charge in [-0.3, -0.25) is 4.79 Å². The van der Waals surface area contributed by atoms with Crippen LogP contribution in [0.3, 0.4) is 0 Å². The van der Waals surface area contributed by atoms with E-state index in [0.29, 0.717) is 18.2 Å². The first-order chi connectivity index (χ1) is 11.4. The molecule has 0 spiro atoms. The molecule has 0 amide bonds. The average Bonchev–Trinajstić information content (AvgIpc) is 2.77. The number of ether oxygens (including phenoxy) is 2. The van der Waals surface area contributed by atoms with E-state index in [9.17, 15) is 4.79 Å². The Morgan fingerprint density at radius 2 is 2.08 bits per heavy atom. The zero-order chi connectivity index (χ0) is 17.6. The monoisotopic (exact) mass is 332 g/mol. The van der Waals surface area contributed by atoms with E-state index in [4.69, 9.17) is 9.47 Å². The molecule has 0 aliphatic heterocycles. The minimum absolute atomic E-state index is 0.0968. The van der Waals surface area contributed by atoms with Crippen LogP contribution in [0.25, 0.3) is 5.57 Å². The van der Waals surface area contributed by atoms with Gasteiger partial charge in [-0.15, -0.1) is 0 Å². The average molecular weight is 332 g/mol. The predicted octanol–water partition coefficient (Wildman–Crippen LogP) is 4.18. The van der Waals surface area contributed by atoms with Gasteiger partial charge < -0.3 is 9.47 Å². The second kappa shape index (κ2) is 8.27. The van der Waals surface area contributed by atoms with Gasteiger partial charge in [0.05, 0.1) is 12.8 Å². The van der Waals surface area contributed by atoms with Gasteiger partial charge >= 0.3 is 5.97 Å². The number of allylic oxidation sites excluding steroid dienone is 2. The van der Waals surface area contributed by atoms with Crippen LogP contribution < -0.4 is 4.74 Å². The number of hydrogen-bond donors (Lipinski definition) is 0. The van der Waals surface area contributed by atoms with Gasteiger partial charge in [-0.05, 0) is 64.4 Å². The first kappa shape index (κ1) is 18.4. The van der Waals surface area contributed by atoms with Crippen LogP contribution >= 0.6 is 0 Å². The van der Waals surface area contributed by atoms with Gasteiger partial charge in [0.1, 0.15) is 11.9 Å². The van der Waals surface area contributed by atoms with E-state index >= 15 is 0 Å². The number of carbonyl (C=O) groups excluding carboxylic acids is 1. The molecule has 0 radical (unpaired) electrons. The molecule has 0 N–H and O–H groups in total. The summed E-state index contributed by atoms with van der Waals surface area (Å²) in [5.41, 5.74) is 1.78. The van der Waals surface area contributed by atoms with E-state index in [2.05, 4.69) is 16.0 Å². The molecule has 1 atom stereocenters. The number of hydrogen-bond acceptors (Lipinski definition) is 5. The Morgan fingerprint density at radius 1 is 1.29 bits per heavy atom. The van der Waals surface area contributed by atoms with Crippen molar-refractivity contribution in [3.63, 3.8) is 0 Å². The molecule has 1 aliphatic carbocycles. The maximum absolute atomic E-state index is 11.9. The maximum Gasteiger partial charge on any atom is 0.306 e. The molecule has 24 heavy (non-hydrogen) atoms. The third-order valence-electron chi connectivity index (χ3n) is 4.14. The van der Waals surface area contributed by atoms with E-state index in [1.165, 1.54) is 5.57 Å². The number of aromatic nitrogens is 2. The van der Waals surface area contributed by atoms with Crippen molar-refractivity contribution in [2.45, 2.75) is 64.9 Å². The Kier molecular flexibility index (Phi) is 6.35. The fraction of sp³-hybridized carbons (Fsp3) is 0.632. The molecular formula is C19H28N2O3. The van der Waals surface area contributed by atoms with Gasteiger partial charge in [-0.25, -0.2) is 9.97 Å². The summed E-state index contributed by atoms with van der Waals surface area (Å²) in [4.78, 5) is 20.3. The molecule has 0 fully saturated rings. The number of esters is 1. The van der Waals surface area contributed by atoms with E-state index in [1.54, 1.807) is 13.4 Å². The van der Waals surface area contributed by atoms with Crippen LogP contribution in [0.1, 0.15) is 65.0 Å². The normalized spacial score (nSPS) is 18.5. The summed E-state index contributed by atoms with van der Waals surface area (Å²) in [6.45, 7) is 5.72. The molecule has 0 aromatic carbocycles. The summed E-state index contributed by atoms with van der Waals surface area (Å²) in [5, 5.41) is 0. The Bertz CT molecular complexity index is 591. The third kappa shape index (κ3) is 5.95. The van der Waals surface area contributed by atoms with Crippen LogP contribution in [0.2, 0.25) is 0 Å². The van der Waals surface area contributed by atoms with E-state index < -0.39 is 5.60 Å². The number of rotatable bonds is 5. The summed E-state index contributed by atoms with van der Waals surface area (Å²) in [6.07, 6.45) is 9.35. The predicted molar refractivity (Wildman–Crippen MR) is 93.6 cm³/mol. The molecule has 132 valence electrons. The highest BCUT2D eigenvalue weighted by molar-refractivity contribution is 5.69. The molecule has 0 saturated carbocycles. The number of carbonyl (C=O) groups is 1. The zero-order valence-corrected chi connectivity index (χ0v) is 15.2. The largest absolute Gasteiger partial charge is 0.481 e. The van der Waals surface area contributed by atoms with Crippen LogP contribution in [0.15, 0.2) is 18.5 Å². The fourth-order valence-corrected chi connectivity index (χ4v) is 2.96. The molecule has 1 aromatic rings. The summed E-state index contributed by atoms with van der Waals surface area (Å²) in [7, 11) is 1.61. The Balaban J connectivity index is 1.85.